The molecule has 0 aliphatic rings. The van der Waals surface area contributed by atoms with Crippen molar-refractivity contribution in [2.75, 3.05) is 0 Å². The zero-order valence-corrected chi connectivity index (χ0v) is 20.6. The highest BCUT2D eigenvalue weighted by molar-refractivity contribution is 7.27. The fourth-order valence-electron chi connectivity index (χ4n) is 4.06. The summed E-state index contributed by atoms with van der Waals surface area (Å²) in [5.41, 5.74) is 5.42. The van der Waals surface area contributed by atoms with Crippen LogP contribution in [-0.4, -0.2) is 0 Å². The van der Waals surface area contributed by atoms with Gasteiger partial charge >= 0.3 is 0 Å². The minimum absolute atomic E-state index is 1.30. The zero-order valence-electron chi connectivity index (χ0n) is 18.2. The monoisotopic (exact) mass is 456 g/mol. The molecule has 0 saturated carbocycles. The van der Waals surface area contributed by atoms with Gasteiger partial charge in [0.05, 0.1) is 0 Å². The van der Waals surface area contributed by atoms with Crippen LogP contribution >= 0.6 is 34.0 Å². The van der Waals surface area contributed by atoms with Crippen LogP contribution in [0.25, 0.3) is 46.8 Å². The van der Waals surface area contributed by atoms with Crippen LogP contribution in [0.2, 0.25) is 0 Å². The number of aryl methyl sites for hydroxylation is 3. The smallest absolute Gasteiger partial charge is 0.0479 e. The molecule has 5 rings (SSSR count). The molecule has 5 aromatic rings. The molecule has 0 bridgehead atoms. The summed E-state index contributed by atoms with van der Waals surface area (Å²) < 4.78 is 0. The van der Waals surface area contributed by atoms with Gasteiger partial charge in [-0.15, -0.1) is 34.0 Å². The summed E-state index contributed by atoms with van der Waals surface area (Å²) in [4.78, 5) is 8.25. The highest BCUT2D eigenvalue weighted by Crippen LogP contribution is 2.46. The lowest BCUT2D eigenvalue weighted by molar-refractivity contribution is 1.52. The molecule has 0 aliphatic heterocycles. The predicted molar refractivity (Wildman–Crippen MR) is 143 cm³/mol. The molecule has 0 N–H and O–H groups in total. The predicted octanol–water partition coefficient (Wildman–Crippen LogP) is 9.98. The van der Waals surface area contributed by atoms with Crippen LogP contribution in [0.5, 0.6) is 0 Å². The van der Waals surface area contributed by atoms with Gasteiger partial charge in [0.15, 0.2) is 0 Å². The molecule has 2 aromatic carbocycles. The van der Waals surface area contributed by atoms with Crippen molar-refractivity contribution in [3.8, 4) is 29.9 Å². The highest BCUT2D eigenvalue weighted by Gasteiger charge is 2.17. The second kappa shape index (κ2) is 8.23. The maximum Gasteiger partial charge on any atom is 0.0479 e. The summed E-state index contributed by atoms with van der Waals surface area (Å²) >= 11 is 5.74. The van der Waals surface area contributed by atoms with Crippen LogP contribution in [-0.2, 0) is 0 Å². The minimum atomic E-state index is 1.30. The van der Waals surface area contributed by atoms with Gasteiger partial charge in [0.1, 0.15) is 0 Å². The topological polar surface area (TPSA) is 0 Å². The number of allylic oxidation sites excluding steroid dienone is 1. The van der Waals surface area contributed by atoms with E-state index in [4.69, 9.17) is 0 Å². The van der Waals surface area contributed by atoms with Crippen LogP contribution in [0.3, 0.4) is 0 Å². The maximum atomic E-state index is 2.37. The highest BCUT2D eigenvalue weighted by atomic mass is 32.1. The third kappa shape index (κ3) is 3.71. The summed E-state index contributed by atoms with van der Waals surface area (Å²) in [6, 6.07) is 22.3. The lowest BCUT2D eigenvalue weighted by atomic mass is 10.0. The van der Waals surface area contributed by atoms with Gasteiger partial charge < -0.3 is 0 Å². The van der Waals surface area contributed by atoms with E-state index in [0.29, 0.717) is 0 Å². The van der Waals surface area contributed by atoms with E-state index in [2.05, 4.69) is 101 Å². The molecule has 3 aromatic heterocycles. The lowest BCUT2D eigenvalue weighted by Crippen LogP contribution is -1.77. The number of rotatable bonds is 4. The van der Waals surface area contributed by atoms with E-state index in [9.17, 15) is 0 Å². The molecule has 0 spiro atoms. The van der Waals surface area contributed by atoms with Crippen molar-refractivity contribution in [2.45, 2.75) is 27.7 Å². The van der Waals surface area contributed by atoms with Crippen LogP contribution in [0, 0.1) is 20.8 Å². The molecule has 0 saturated heterocycles. The quantitative estimate of drug-likeness (QED) is 0.252. The van der Waals surface area contributed by atoms with Crippen molar-refractivity contribution < 1.29 is 0 Å². The number of fused-ring (bicyclic) bond motifs is 1. The van der Waals surface area contributed by atoms with Gasteiger partial charge in [0.25, 0.3) is 0 Å². The third-order valence-electron chi connectivity index (χ3n) is 5.61. The molecule has 0 fully saturated rings. The Kier molecular flexibility index (Phi) is 5.43. The molecular weight excluding hydrogens is 433 g/mol. The van der Waals surface area contributed by atoms with Crippen molar-refractivity contribution in [1.29, 1.82) is 0 Å². The van der Waals surface area contributed by atoms with Gasteiger partial charge in [-0.1, -0.05) is 48.5 Å². The Balaban J connectivity index is 1.57. The summed E-state index contributed by atoms with van der Waals surface area (Å²) in [6.45, 7) is 8.78. The standard InChI is InChI=1S/C28H24S3/c1-5-9-23-17(2)14-25(29-23)27-19(4)16-26(31-27)28-18(3)15-24(30-28)22-13-8-11-20-10-6-7-12-21(20)22/h5-16H,1-4H3/b9-5+. The average Bonchev–Trinajstić information content (AvgIpc) is 3.45. The zero-order chi connectivity index (χ0) is 21.5. The van der Waals surface area contributed by atoms with Gasteiger partial charge in [0, 0.05) is 29.3 Å². The number of hydrogen-bond acceptors (Lipinski definition) is 3. The largest absolute Gasteiger partial charge is 0.135 e. The van der Waals surface area contributed by atoms with Gasteiger partial charge in [-0.2, -0.15) is 0 Å². The molecular formula is C28H24S3. The van der Waals surface area contributed by atoms with Crippen molar-refractivity contribution in [3.63, 3.8) is 0 Å². The van der Waals surface area contributed by atoms with E-state index in [1.807, 2.05) is 34.0 Å². The van der Waals surface area contributed by atoms with Gasteiger partial charge in [-0.3, -0.25) is 0 Å². The van der Waals surface area contributed by atoms with Crippen LogP contribution in [0.15, 0.2) is 66.7 Å². The molecule has 0 amide bonds. The number of thiophene rings is 3. The summed E-state index contributed by atoms with van der Waals surface area (Å²) in [7, 11) is 0. The Bertz CT molecular complexity index is 1420. The molecule has 3 heteroatoms. The summed E-state index contributed by atoms with van der Waals surface area (Å²) in [6.07, 6.45) is 4.34. The first kappa shape index (κ1) is 20.4. The van der Waals surface area contributed by atoms with Crippen molar-refractivity contribution in [2.24, 2.45) is 0 Å². The third-order valence-corrected chi connectivity index (χ3v) is 9.68. The Hall–Kier alpha value is -2.46. The van der Waals surface area contributed by atoms with Crippen molar-refractivity contribution >= 4 is 50.9 Å². The Morgan fingerprint density at radius 3 is 2.03 bits per heavy atom. The van der Waals surface area contributed by atoms with Crippen molar-refractivity contribution in [3.05, 3.63) is 88.3 Å². The van der Waals surface area contributed by atoms with Gasteiger partial charge in [-0.05, 0) is 85.0 Å². The molecule has 31 heavy (non-hydrogen) atoms. The SMILES string of the molecule is C/C=C/c1sc(-c2sc(-c3sc(-c4cccc5ccccc45)cc3C)cc2C)cc1C. The second-order valence-corrected chi connectivity index (χ2v) is 11.1. The summed E-state index contributed by atoms with van der Waals surface area (Å²) in [5.74, 6) is 0. The first-order chi connectivity index (χ1) is 15.0. The van der Waals surface area contributed by atoms with Crippen molar-refractivity contribution in [1.82, 2.24) is 0 Å². The Labute approximate surface area is 196 Å². The first-order valence-electron chi connectivity index (χ1n) is 10.5. The summed E-state index contributed by atoms with van der Waals surface area (Å²) in [5, 5.41) is 2.62. The second-order valence-electron chi connectivity index (χ2n) is 7.93. The molecule has 3 heterocycles. The van der Waals surface area contributed by atoms with E-state index in [1.54, 1.807) is 0 Å². The molecule has 154 valence electrons. The number of benzene rings is 2. The first-order valence-corrected chi connectivity index (χ1v) is 12.9. The van der Waals surface area contributed by atoms with Gasteiger partial charge in [-0.25, -0.2) is 0 Å². The van der Waals surface area contributed by atoms with Crippen LogP contribution in [0.4, 0.5) is 0 Å². The molecule has 0 atom stereocenters. The van der Waals surface area contributed by atoms with E-state index >= 15 is 0 Å². The van der Waals surface area contributed by atoms with E-state index < -0.39 is 0 Å². The molecule has 0 radical (unpaired) electrons. The molecule has 0 unspecified atom stereocenters. The maximum absolute atomic E-state index is 2.37. The lowest BCUT2D eigenvalue weighted by Gasteiger charge is -2.03. The fraction of sp³-hybridized carbons (Fsp3) is 0.143. The van der Waals surface area contributed by atoms with E-state index in [1.165, 1.54) is 62.3 Å². The molecule has 0 aliphatic carbocycles. The van der Waals surface area contributed by atoms with Gasteiger partial charge in [0.2, 0.25) is 0 Å². The minimum Gasteiger partial charge on any atom is -0.135 e. The Morgan fingerprint density at radius 1 is 0.645 bits per heavy atom. The number of hydrogen-bond donors (Lipinski definition) is 0. The molecule has 0 nitrogen and oxygen atoms in total. The van der Waals surface area contributed by atoms with E-state index in [-0.39, 0.29) is 0 Å². The fourth-order valence-corrected chi connectivity index (χ4v) is 7.93. The average molecular weight is 457 g/mol. The Morgan fingerprint density at radius 2 is 1.26 bits per heavy atom. The normalized spacial score (nSPS) is 11.7. The van der Waals surface area contributed by atoms with Crippen LogP contribution in [0.1, 0.15) is 28.5 Å². The van der Waals surface area contributed by atoms with Crippen LogP contribution < -0.4 is 0 Å². The van der Waals surface area contributed by atoms with E-state index in [0.717, 1.165) is 0 Å².